The van der Waals surface area contributed by atoms with Crippen molar-refractivity contribution in [1.82, 2.24) is 0 Å². The number of carbonyl (C=O) groups excluding carboxylic acids is 3. The molecule has 4 fully saturated rings. The van der Waals surface area contributed by atoms with Crippen molar-refractivity contribution in [3.05, 3.63) is 71.8 Å². The Morgan fingerprint density at radius 1 is 0.725 bits per heavy atom. The molecular formula is C35H42O5. The number of hydrogen-bond donors (Lipinski definition) is 0. The third kappa shape index (κ3) is 4.50. The van der Waals surface area contributed by atoms with Gasteiger partial charge in [-0.3, -0.25) is 4.79 Å². The fraction of sp³-hybridized carbons (Fsp3) is 0.571. The molecule has 212 valence electrons. The van der Waals surface area contributed by atoms with E-state index < -0.39 is 0 Å². The highest BCUT2D eigenvalue weighted by atomic mass is 16.5. The molecule has 0 unspecified atom stereocenters. The van der Waals surface area contributed by atoms with E-state index in [9.17, 15) is 14.4 Å². The maximum absolute atomic E-state index is 13.3. The Labute approximate surface area is 238 Å². The molecule has 0 aromatic heterocycles. The summed E-state index contributed by atoms with van der Waals surface area (Å²) in [5, 5.41) is 0. The van der Waals surface area contributed by atoms with Crippen LogP contribution in [0.1, 0.15) is 92.9 Å². The second-order valence-electron chi connectivity index (χ2n) is 13.4. The summed E-state index contributed by atoms with van der Waals surface area (Å²) in [4.78, 5) is 39.0. The lowest BCUT2D eigenvalue weighted by Gasteiger charge is -2.62. The molecule has 6 rings (SSSR count). The van der Waals surface area contributed by atoms with Crippen molar-refractivity contribution < 1.29 is 23.9 Å². The Hall–Kier alpha value is -2.95. The molecular weight excluding hydrogens is 500 g/mol. The SMILES string of the molecule is CC(=O)[C@@H]1CC[C@@H]2[C@H]3CC[C@H]4C[C@@H](OC(=O)c5ccccc5)CC[C@]4(C)[C@@H]3C[C@H](OC(=O)c3ccccc3)[C@@]21C. The fourth-order valence-corrected chi connectivity index (χ4v) is 9.66. The zero-order valence-corrected chi connectivity index (χ0v) is 24.0. The summed E-state index contributed by atoms with van der Waals surface area (Å²) in [6, 6.07) is 18.5. The third-order valence-electron chi connectivity index (χ3n) is 11.7. The van der Waals surface area contributed by atoms with Gasteiger partial charge in [-0.1, -0.05) is 50.2 Å². The molecule has 4 aliphatic carbocycles. The van der Waals surface area contributed by atoms with Crippen LogP contribution in [0.25, 0.3) is 0 Å². The van der Waals surface area contributed by atoms with Crippen molar-refractivity contribution in [3.8, 4) is 0 Å². The van der Waals surface area contributed by atoms with Gasteiger partial charge in [-0.25, -0.2) is 9.59 Å². The number of carbonyl (C=O) groups is 3. The van der Waals surface area contributed by atoms with Gasteiger partial charge in [-0.05, 0) is 112 Å². The van der Waals surface area contributed by atoms with Crippen LogP contribution in [0.4, 0.5) is 0 Å². The van der Waals surface area contributed by atoms with E-state index in [2.05, 4.69) is 13.8 Å². The van der Waals surface area contributed by atoms with Crippen LogP contribution >= 0.6 is 0 Å². The molecule has 2 aromatic carbocycles. The smallest absolute Gasteiger partial charge is 0.338 e. The molecule has 5 heteroatoms. The van der Waals surface area contributed by atoms with Crippen molar-refractivity contribution in [2.24, 2.45) is 40.4 Å². The zero-order valence-electron chi connectivity index (χ0n) is 24.0. The molecule has 0 saturated heterocycles. The van der Waals surface area contributed by atoms with Gasteiger partial charge < -0.3 is 9.47 Å². The van der Waals surface area contributed by atoms with Gasteiger partial charge in [0.05, 0.1) is 11.1 Å². The van der Waals surface area contributed by atoms with Gasteiger partial charge in [0.25, 0.3) is 0 Å². The molecule has 0 amide bonds. The largest absolute Gasteiger partial charge is 0.459 e. The maximum atomic E-state index is 13.3. The van der Waals surface area contributed by atoms with Crippen LogP contribution in [0.3, 0.4) is 0 Å². The number of Topliss-reactive ketones (excluding diaryl/α,β-unsaturated/α-hetero) is 1. The number of benzene rings is 2. The molecule has 40 heavy (non-hydrogen) atoms. The Bertz CT molecular complexity index is 1260. The minimum atomic E-state index is -0.330. The van der Waals surface area contributed by atoms with Crippen LogP contribution in [-0.2, 0) is 14.3 Å². The van der Waals surface area contributed by atoms with E-state index in [4.69, 9.17) is 9.47 Å². The van der Waals surface area contributed by atoms with Gasteiger partial charge in [0.2, 0.25) is 0 Å². The first-order valence-electron chi connectivity index (χ1n) is 15.2. The van der Waals surface area contributed by atoms with Crippen molar-refractivity contribution in [1.29, 1.82) is 0 Å². The van der Waals surface area contributed by atoms with Gasteiger partial charge in [-0.2, -0.15) is 0 Å². The maximum Gasteiger partial charge on any atom is 0.338 e. The molecule has 0 spiro atoms. The van der Waals surface area contributed by atoms with Crippen LogP contribution in [-0.4, -0.2) is 29.9 Å². The molecule has 5 nitrogen and oxygen atoms in total. The standard InChI is InChI=1S/C35H42O5/c1-22(36)28-16-17-29-27-15-14-25-20-26(39-32(37)23-10-6-4-7-11-23)18-19-34(25,2)30(27)21-31(35(28,29)3)40-33(38)24-12-8-5-9-13-24/h4-13,25-31H,14-21H2,1-3H3/t25-,26-,27+,28-,29+,30+,31-,34-,35+/m0/s1. The van der Waals surface area contributed by atoms with Crippen molar-refractivity contribution in [2.75, 3.05) is 0 Å². The van der Waals surface area contributed by atoms with E-state index in [0.717, 1.165) is 51.4 Å². The van der Waals surface area contributed by atoms with Crippen molar-refractivity contribution in [3.63, 3.8) is 0 Å². The Kier molecular flexibility index (Phi) is 7.13. The minimum absolute atomic E-state index is 0.0588. The van der Waals surface area contributed by atoms with Gasteiger partial charge in [0, 0.05) is 11.3 Å². The lowest BCUT2D eigenvalue weighted by atomic mass is 9.44. The van der Waals surface area contributed by atoms with Crippen LogP contribution in [0.2, 0.25) is 0 Å². The minimum Gasteiger partial charge on any atom is -0.459 e. The van der Waals surface area contributed by atoms with Gasteiger partial charge in [0.15, 0.2) is 0 Å². The Morgan fingerprint density at radius 2 is 1.35 bits per heavy atom. The van der Waals surface area contributed by atoms with Crippen LogP contribution in [0.5, 0.6) is 0 Å². The molecule has 2 aromatic rings. The molecule has 0 radical (unpaired) electrons. The number of rotatable bonds is 5. The zero-order chi connectivity index (χ0) is 28.1. The molecule has 0 bridgehead atoms. The summed E-state index contributed by atoms with van der Waals surface area (Å²) in [5.41, 5.74) is 0.945. The normalized spacial score (nSPS) is 38.3. The lowest BCUT2D eigenvalue weighted by molar-refractivity contribution is -0.175. The van der Waals surface area contributed by atoms with E-state index >= 15 is 0 Å². The first kappa shape index (κ1) is 27.2. The van der Waals surface area contributed by atoms with E-state index in [-0.39, 0.29) is 46.7 Å². The molecule has 0 aliphatic heterocycles. The average molecular weight is 543 g/mol. The number of esters is 2. The predicted octanol–water partition coefficient (Wildman–Crippen LogP) is 7.30. The second kappa shape index (κ2) is 10.5. The molecule has 0 heterocycles. The summed E-state index contributed by atoms with van der Waals surface area (Å²) in [6.07, 6.45) is 7.40. The van der Waals surface area contributed by atoms with Gasteiger partial charge in [0.1, 0.15) is 18.0 Å². The summed E-state index contributed by atoms with van der Waals surface area (Å²) in [6.45, 7) is 6.40. The summed E-state index contributed by atoms with van der Waals surface area (Å²) in [7, 11) is 0. The average Bonchev–Trinajstić information content (AvgIpc) is 3.33. The summed E-state index contributed by atoms with van der Waals surface area (Å²) < 4.78 is 12.4. The molecule has 4 saturated carbocycles. The van der Waals surface area contributed by atoms with E-state index in [0.29, 0.717) is 34.8 Å². The second-order valence-corrected chi connectivity index (χ2v) is 13.4. The monoisotopic (exact) mass is 542 g/mol. The number of ketones is 1. The third-order valence-corrected chi connectivity index (χ3v) is 11.7. The van der Waals surface area contributed by atoms with Gasteiger partial charge >= 0.3 is 11.9 Å². The highest BCUT2D eigenvalue weighted by Gasteiger charge is 2.65. The Morgan fingerprint density at radius 3 is 1.98 bits per heavy atom. The van der Waals surface area contributed by atoms with E-state index in [1.54, 1.807) is 19.1 Å². The van der Waals surface area contributed by atoms with E-state index in [1.807, 2.05) is 48.5 Å². The summed E-state index contributed by atoms with van der Waals surface area (Å²) in [5.74, 6) is 1.45. The van der Waals surface area contributed by atoms with Crippen LogP contribution in [0.15, 0.2) is 60.7 Å². The number of fused-ring (bicyclic) bond motifs is 5. The Balaban J connectivity index is 1.24. The fourth-order valence-electron chi connectivity index (χ4n) is 9.66. The molecule has 0 N–H and O–H groups in total. The van der Waals surface area contributed by atoms with Crippen LogP contribution < -0.4 is 0 Å². The van der Waals surface area contributed by atoms with Gasteiger partial charge in [-0.15, -0.1) is 0 Å². The highest BCUT2D eigenvalue weighted by Crippen LogP contribution is 2.68. The molecule has 4 aliphatic rings. The molecule has 9 atom stereocenters. The first-order chi connectivity index (χ1) is 19.2. The first-order valence-corrected chi connectivity index (χ1v) is 15.2. The van der Waals surface area contributed by atoms with Crippen molar-refractivity contribution >= 4 is 17.7 Å². The van der Waals surface area contributed by atoms with Crippen molar-refractivity contribution in [2.45, 2.75) is 84.3 Å². The van der Waals surface area contributed by atoms with E-state index in [1.165, 1.54) is 0 Å². The highest BCUT2D eigenvalue weighted by molar-refractivity contribution is 5.90. The number of hydrogen-bond acceptors (Lipinski definition) is 5. The lowest BCUT2D eigenvalue weighted by Crippen LogP contribution is -2.59. The summed E-state index contributed by atoms with van der Waals surface area (Å²) >= 11 is 0. The topological polar surface area (TPSA) is 69.7 Å². The van der Waals surface area contributed by atoms with Crippen LogP contribution in [0, 0.1) is 40.4 Å². The quantitative estimate of drug-likeness (QED) is 0.371. The number of ether oxygens (including phenoxy) is 2. The predicted molar refractivity (Wildman–Crippen MR) is 153 cm³/mol.